The fourth-order valence-corrected chi connectivity index (χ4v) is 3.36. The Bertz CT molecular complexity index is 356. The Morgan fingerprint density at radius 2 is 2.11 bits per heavy atom. The van der Waals surface area contributed by atoms with Crippen molar-refractivity contribution in [2.75, 3.05) is 12.3 Å². The summed E-state index contributed by atoms with van der Waals surface area (Å²) in [5.74, 6) is 1.20. The first-order chi connectivity index (χ1) is 9.15. The summed E-state index contributed by atoms with van der Waals surface area (Å²) in [5.41, 5.74) is 1.41. The number of benzene rings is 1. The van der Waals surface area contributed by atoms with Gasteiger partial charge in [-0.3, -0.25) is 0 Å². The predicted molar refractivity (Wildman–Crippen MR) is 92.1 cm³/mol. The maximum Gasteiger partial charge on any atom is 0.0198 e. The number of hydrogen-bond acceptors (Lipinski definition) is 2. The Kier molecular flexibility index (Phi) is 8.84. The molecule has 0 heterocycles. The van der Waals surface area contributed by atoms with Crippen LogP contribution in [-0.2, 0) is 6.42 Å². The van der Waals surface area contributed by atoms with Gasteiger partial charge < -0.3 is 5.32 Å². The molecule has 0 aromatic heterocycles. The minimum Gasteiger partial charge on any atom is -0.313 e. The number of nitrogens with one attached hydrogen (secondary N) is 1. The van der Waals surface area contributed by atoms with Crippen LogP contribution in [0.25, 0.3) is 0 Å². The summed E-state index contributed by atoms with van der Waals surface area (Å²) >= 11 is 5.64. The largest absolute Gasteiger partial charge is 0.313 e. The van der Waals surface area contributed by atoms with Crippen molar-refractivity contribution >= 4 is 27.7 Å². The van der Waals surface area contributed by atoms with E-state index in [0.29, 0.717) is 6.04 Å². The SMILES string of the molecule is CCCNC(CSC(C)CC)Cc1cccc(Br)c1. The predicted octanol–water partition coefficient (Wildman–Crippen LogP) is 4.89. The van der Waals surface area contributed by atoms with E-state index in [4.69, 9.17) is 0 Å². The monoisotopic (exact) mass is 343 g/mol. The molecular weight excluding hydrogens is 318 g/mol. The topological polar surface area (TPSA) is 12.0 Å². The van der Waals surface area contributed by atoms with Crippen molar-refractivity contribution in [2.24, 2.45) is 0 Å². The van der Waals surface area contributed by atoms with Gasteiger partial charge in [-0.05, 0) is 43.5 Å². The molecule has 108 valence electrons. The second kappa shape index (κ2) is 9.84. The molecule has 2 atom stereocenters. The van der Waals surface area contributed by atoms with Crippen LogP contribution in [0.4, 0.5) is 0 Å². The summed E-state index contributed by atoms with van der Waals surface area (Å²) in [6, 6.07) is 9.24. The van der Waals surface area contributed by atoms with E-state index in [1.54, 1.807) is 0 Å². The molecule has 3 heteroatoms. The molecule has 0 fully saturated rings. The van der Waals surface area contributed by atoms with Crippen LogP contribution in [0.15, 0.2) is 28.7 Å². The lowest BCUT2D eigenvalue weighted by molar-refractivity contribution is 0.549. The highest BCUT2D eigenvalue weighted by Gasteiger charge is 2.11. The standard InChI is InChI=1S/C16H26BrNS/c1-4-9-18-16(12-19-13(3)5-2)11-14-7-6-8-15(17)10-14/h6-8,10,13,16,18H,4-5,9,11-12H2,1-3H3. The third kappa shape index (κ3) is 7.38. The van der Waals surface area contributed by atoms with E-state index >= 15 is 0 Å². The van der Waals surface area contributed by atoms with Crippen molar-refractivity contribution < 1.29 is 0 Å². The third-order valence-corrected chi connectivity index (χ3v) is 5.20. The molecule has 0 aliphatic heterocycles. The fourth-order valence-electron chi connectivity index (χ4n) is 1.89. The molecule has 1 N–H and O–H groups in total. The van der Waals surface area contributed by atoms with Crippen LogP contribution in [0.2, 0.25) is 0 Å². The zero-order valence-electron chi connectivity index (χ0n) is 12.3. The smallest absolute Gasteiger partial charge is 0.0198 e. The van der Waals surface area contributed by atoms with Gasteiger partial charge in [-0.2, -0.15) is 11.8 Å². The van der Waals surface area contributed by atoms with Crippen LogP contribution in [0.5, 0.6) is 0 Å². The molecule has 1 nitrogen and oxygen atoms in total. The molecule has 0 saturated heterocycles. The Labute approximate surface area is 131 Å². The van der Waals surface area contributed by atoms with Crippen LogP contribution in [0.3, 0.4) is 0 Å². The molecule has 0 aliphatic carbocycles. The number of thioether (sulfide) groups is 1. The highest BCUT2D eigenvalue weighted by atomic mass is 79.9. The fraction of sp³-hybridized carbons (Fsp3) is 0.625. The van der Waals surface area contributed by atoms with Crippen LogP contribution < -0.4 is 5.32 Å². The first-order valence-electron chi connectivity index (χ1n) is 7.25. The van der Waals surface area contributed by atoms with E-state index in [0.717, 1.165) is 18.2 Å². The summed E-state index contributed by atoms with van der Waals surface area (Å²) in [6.45, 7) is 7.92. The van der Waals surface area contributed by atoms with E-state index in [1.165, 1.54) is 28.6 Å². The van der Waals surface area contributed by atoms with E-state index in [1.807, 2.05) is 0 Å². The van der Waals surface area contributed by atoms with Gasteiger partial charge in [-0.25, -0.2) is 0 Å². The lowest BCUT2D eigenvalue weighted by atomic mass is 10.1. The van der Waals surface area contributed by atoms with Crippen molar-refractivity contribution in [1.29, 1.82) is 0 Å². The lowest BCUT2D eigenvalue weighted by Crippen LogP contribution is -2.34. The van der Waals surface area contributed by atoms with Gasteiger partial charge in [0.2, 0.25) is 0 Å². The Morgan fingerprint density at radius 3 is 2.74 bits per heavy atom. The van der Waals surface area contributed by atoms with Crippen molar-refractivity contribution in [1.82, 2.24) is 5.32 Å². The average Bonchev–Trinajstić information content (AvgIpc) is 2.41. The maximum absolute atomic E-state index is 3.68. The molecule has 0 aliphatic rings. The van der Waals surface area contributed by atoms with E-state index in [9.17, 15) is 0 Å². The minimum atomic E-state index is 0.577. The van der Waals surface area contributed by atoms with E-state index < -0.39 is 0 Å². The second-order valence-corrected chi connectivity index (χ2v) is 7.42. The van der Waals surface area contributed by atoms with Gasteiger partial charge in [-0.15, -0.1) is 0 Å². The molecule has 0 radical (unpaired) electrons. The molecule has 19 heavy (non-hydrogen) atoms. The molecule has 1 aromatic carbocycles. The molecule has 1 rings (SSSR count). The first-order valence-corrected chi connectivity index (χ1v) is 9.09. The number of rotatable bonds is 9. The third-order valence-electron chi connectivity index (χ3n) is 3.21. The van der Waals surface area contributed by atoms with Crippen LogP contribution in [0.1, 0.15) is 39.2 Å². The summed E-state index contributed by atoms with van der Waals surface area (Å²) in [5, 5.41) is 4.44. The molecule has 2 unspecified atom stereocenters. The van der Waals surface area contributed by atoms with Gasteiger partial charge >= 0.3 is 0 Å². The van der Waals surface area contributed by atoms with Gasteiger partial charge in [0.1, 0.15) is 0 Å². The zero-order chi connectivity index (χ0) is 14.1. The van der Waals surface area contributed by atoms with Crippen LogP contribution >= 0.6 is 27.7 Å². The number of hydrogen-bond donors (Lipinski definition) is 1. The minimum absolute atomic E-state index is 0.577. The molecule has 1 aromatic rings. The summed E-state index contributed by atoms with van der Waals surface area (Å²) in [4.78, 5) is 0. The molecule has 0 bridgehead atoms. The molecule has 0 spiro atoms. The average molecular weight is 344 g/mol. The zero-order valence-corrected chi connectivity index (χ0v) is 14.7. The second-order valence-electron chi connectivity index (χ2n) is 5.04. The summed E-state index contributed by atoms with van der Waals surface area (Å²) in [7, 11) is 0. The Balaban J connectivity index is 2.53. The van der Waals surface area contributed by atoms with E-state index in [2.05, 4.69) is 78.0 Å². The maximum atomic E-state index is 3.68. The molecular formula is C16H26BrNS. The highest BCUT2D eigenvalue weighted by Crippen LogP contribution is 2.18. The Morgan fingerprint density at radius 1 is 1.32 bits per heavy atom. The summed E-state index contributed by atoms with van der Waals surface area (Å²) < 4.78 is 1.17. The van der Waals surface area contributed by atoms with Gasteiger partial charge in [0, 0.05) is 21.5 Å². The lowest BCUT2D eigenvalue weighted by Gasteiger charge is -2.20. The van der Waals surface area contributed by atoms with Crippen molar-refractivity contribution in [3.8, 4) is 0 Å². The van der Waals surface area contributed by atoms with Crippen LogP contribution in [-0.4, -0.2) is 23.6 Å². The van der Waals surface area contributed by atoms with Gasteiger partial charge in [0.15, 0.2) is 0 Å². The quantitative estimate of drug-likeness (QED) is 0.684. The highest BCUT2D eigenvalue weighted by molar-refractivity contribution is 9.10. The van der Waals surface area contributed by atoms with Gasteiger partial charge in [-0.1, -0.05) is 48.8 Å². The van der Waals surface area contributed by atoms with Crippen molar-refractivity contribution in [3.63, 3.8) is 0 Å². The van der Waals surface area contributed by atoms with E-state index in [-0.39, 0.29) is 0 Å². The normalized spacial score (nSPS) is 14.3. The first kappa shape index (κ1) is 17.1. The molecule has 0 saturated carbocycles. The van der Waals surface area contributed by atoms with Crippen molar-refractivity contribution in [3.05, 3.63) is 34.3 Å². The van der Waals surface area contributed by atoms with Crippen LogP contribution in [0, 0.1) is 0 Å². The van der Waals surface area contributed by atoms with Gasteiger partial charge in [0.05, 0.1) is 0 Å². The molecule has 0 amide bonds. The Hall–Kier alpha value is 0.01000. The summed E-state index contributed by atoms with van der Waals surface area (Å²) in [6.07, 6.45) is 3.56. The number of halogens is 1. The van der Waals surface area contributed by atoms with Crippen molar-refractivity contribution in [2.45, 2.75) is 51.3 Å². The van der Waals surface area contributed by atoms with Gasteiger partial charge in [0.25, 0.3) is 0 Å².